The average Bonchev–Trinajstić information content (AvgIpc) is 3.16. The lowest BCUT2D eigenvalue weighted by molar-refractivity contribution is -0.384. The standard InChI is InChI=1S/C14H19N3O3/c1-2-6-14(7-8-14)9-16-13(18)10-4-3-5-11(15)12(10)17(19)20/h3-5H,2,6-9,15H2,1H3,(H,16,18). The van der Waals surface area contributed by atoms with Crippen molar-refractivity contribution in [3.63, 3.8) is 0 Å². The number of amides is 1. The molecule has 1 fully saturated rings. The molecule has 0 aliphatic heterocycles. The monoisotopic (exact) mass is 277 g/mol. The van der Waals surface area contributed by atoms with Crippen LogP contribution < -0.4 is 11.1 Å². The van der Waals surface area contributed by atoms with Crippen molar-refractivity contribution in [2.45, 2.75) is 32.6 Å². The summed E-state index contributed by atoms with van der Waals surface area (Å²) in [5.74, 6) is -0.425. The van der Waals surface area contributed by atoms with Crippen LogP contribution >= 0.6 is 0 Å². The van der Waals surface area contributed by atoms with E-state index < -0.39 is 10.8 Å². The van der Waals surface area contributed by atoms with Crippen LogP contribution in [-0.4, -0.2) is 17.4 Å². The van der Waals surface area contributed by atoms with Crippen LogP contribution in [0, 0.1) is 15.5 Å². The second-order valence-corrected chi connectivity index (χ2v) is 5.43. The second kappa shape index (κ2) is 5.48. The van der Waals surface area contributed by atoms with Gasteiger partial charge in [-0.05, 0) is 36.8 Å². The van der Waals surface area contributed by atoms with E-state index in [1.807, 2.05) is 0 Å². The summed E-state index contributed by atoms with van der Waals surface area (Å²) in [6.45, 7) is 2.69. The van der Waals surface area contributed by atoms with Crippen molar-refractivity contribution in [3.8, 4) is 0 Å². The van der Waals surface area contributed by atoms with Gasteiger partial charge in [-0.25, -0.2) is 0 Å². The summed E-state index contributed by atoms with van der Waals surface area (Å²) in [6, 6.07) is 4.41. The predicted octanol–water partition coefficient (Wildman–Crippen LogP) is 2.49. The lowest BCUT2D eigenvalue weighted by atomic mass is 10.0. The van der Waals surface area contributed by atoms with Crippen LogP contribution in [0.15, 0.2) is 18.2 Å². The molecule has 0 atom stereocenters. The number of nitrogens with two attached hydrogens (primary N) is 1. The van der Waals surface area contributed by atoms with Gasteiger partial charge in [-0.15, -0.1) is 0 Å². The number of nitro benzene ring substituents is 1. The molecule has 1 aromatic rings. The molecule has 0 saturated heterocycles. The second-order valence-electron chi connectivity index (χ2n) is 5.43. The first kappa shape index (κ1) is 14.3. The zero-order valence-corrected chi connectivity index (χ0v) is 11.5. The van der Waals surface area contributed by atoms with Gasteiger partial charge in [-0.3, -0.25) is 14.9 Å². The van der Waals surface area contributed by atoms with E-state index in [0.29, 0.717) is 6.54 Å². The van der Waals surface area contributed by atoms with Gasteiger partial charge in [0.05, 0.1) is 4.92 Å². The van der Waals surface area contributed by atoms with Crippen molar-refractivity contribution in [2.24, 2.45) is 5.41 Å². The summed E-state index contributed by atoms with van der Waals surface area (Å²) in [6.07, 6.45) is 4.38. The summed E-state index contributed by atoms with van der Waals surface area (Å²) in [5, 5.41) is 13.8. The lowest BCUT2D eigenvalue weighted by Gasteiger charge is -2.15. The molecule has 1 amide bonds. The molecular weight excluding hydrogens is 258 g/mol. The number of anilines is 1. The van der Waals surface area contributed by atoms with E-state index in [4.69, 9.17) is 5.73 Å². The van der Waals surface area contributed by atoms with Gasteiger partial charge >= 0.3 is 5.69 Å². The zero-order valence-electron chi connectivity index (χ0n) is 11.5. The Bertz CT molecular complexity index is 538. The summed E-state index contributed by atoms with van der Waals surface area (Å²) < 4.78 is 0. The number of benzene rings is 1. The van der Waals surface area contributed by atoms with Crippen LogP contribution in [-0.2, 0) is 0 Å². The number of rotatable bonds is 6. The minimum atomic E-state index is -0.608. The maximum absolute atomic E-state index is 12.1. The van der Waals surface area contributed by atoms with E-state index >= 15 is 0 Å². The van der Waals surface area contributed by atoms with Crippen LogP contribution in [0.2, 0.25) is 0 Å². The SMILES string of the molecule is CCCC1(CNC(=O)c2cccc(N)c2[N+](=O)[O-])CC1. The van der Waals surface area contributed by atoms with Crippen LogP contribution in [0.25, 0.3) is 0 Å². The number of para-hydroxylation sites is 1. The number of carbonyl (C=O) groups is 1. The van der Waals surface area contributed by atoms with Crippen molar-refractivity contribution in [2.75, 3.05) is 12.3 Å². The van der Waals surface area contributed by atoms with Gasteiger partial charge < -0.3 is 11.1 Å². The first-order valence-electron chi connectivity index (χ1n) is 6.80. The largest absolute Gasteiger partial charge is 0.393 e. The third-order valence-corrected chi connectivity index (χ3v) is 3.86. The van der Waals surface area contributed by atoms with E-state index in [9.17, 15) is 14.9 Å². The van der Waals surface area contributed by atoms with Crippen molar-refractivity contribution < 1.29 is 9.72 Å². The van der Waals surface area contributed by atoms with Crippen molar-refractivity contribution >= 4 is 17.3 Å². The van der Waals surface area contributed by atoms with Crippen molar-refractivity contribution in [1.82, 2.24) is 5.32 Å². The first-order chi connectivity index (χ1) is 9.49. The Kier molecular flexibility index (Phi) is 3.92. The molecule has 1 saturated carbocycles. The number of nitrogens with one attached hydrogen (secondary N) is 1. The normalized spacial score (nSPS) is 15.7. The predicted molar refractivity (Wildman–Crippen MR) is 76.4 cm³/mol. The smallest absolute Gasteiger partial charge is 0.304 e. The Balaban J connectivity index is 2.10. The third kappa shape index (κ3) is 2.89. The molecule has 2 rings (SSSR count). The van der Waals surface area contributed by atoms with E-state index in [2.05, 4.69) is 12.2 Å². The van der Waals surface area contributed by atoms with Gasteiger partial charge in [0.15, 0.2) is 0 Å². The number of carbonyl (C=O) groups excluding carboxylic acids is 1. The molecule has 0 radical (unpaired) electrons. The highest BCUT2D eigenvalue weighted by Crippen LogP contribution is 2.49. The molecule has 0 heterocycles. The average molecular weight is 277 g/mol. The highest BCUT2D eigenvalue weighted by Gasteiger charge is 2.41. The van der Waals surface area contributed by atoms with E-state index in [1.165, 1.54) is 12.1 Å². The van der Waals surface area contributed by atoms with Crippen LogP contribution in [0.4, 0.5) is 11.4 Å². The highest BCUT2D eigenvalue weighted by molar-refractivity contribution is 6.00. The molecule has 1 aliphatic rings. The molecule has 0 aromatic heterocycles. The quantitative estimate of drug-likeness (QED) is 0.474. The van der Waals surface area contributed by atoms with Gasteiger partial charge in [-0.1, -0.05) is 19.4 Å². The molecular formula is C14H19N3O3. The Morgan fingerprint density at radius 2 is 2.20 bits per heavy atom. The molecule has 3 N–H and O–H groups in total. The molecule has 1 aromatic carbocycles. The van der Waals surface area contributed by atoms with Crippen LogP contribution in [0.5, 0.6) is 0 Å². The van der Waals surface area contributed by atoms with Gasteiger partial charge in [0.2, 0.25) is 0 Å². The van der Waals surface area contributed by atoms with Crippen LogP contribution in [0.1, 0.15) is 43.0 Å². The summed E-state index contributed by atoms with van der Waals surface area (Å²) in [7, 11) is 0. The minimum Gasteiger partial charge on any atom is -0.393 e. The minimum absolute atomic E-state index is 0.0114. The molecule has 6 nitrogen and oxygen atoms in total. The molecule has 1 aliphatic carbocycles. The maximum Gasteiger partial charge on any atom is 0.304 e. The number of hydrogen-bond acceptors (Lipinski definition) is 4. The number of nitro groups is 1. The maximum atomic E-state index is 12.1. The lowest BCUT2D eigenvalue weighted by Crippen LogP contribution is -2.30. The summed E-state index contributed by atoms with van der Waals surface area (Å²) in [4.78, 5) is 22.5. The first-order valence-corrected chi connectivity index (χ1v) is 6.80. The number of nitrogen functional groups attached to an aromatic ring is 1. The Labute approximate surface area is 117 Å². The Hall–Kier alpha value is -2.11. The molecule has 6 heteroatoms. The van der Waals surface area contributed by atoms with E-state index in [1.54, 1.807) is 6.07 Å². The Morgan fingerprint density at radius 1 is 1.50 bits per heavy atom. The van der Waals surface area contributed by atoms with Crippen molar-refractivity contribution in [1.29, 1.82) is 0 Å². The van der Waals surface area contributed by atoms with Gasteiger partial charge in [0, 0.05) is 6.54 Å². The topological polar surface area (TPSA) is 98.3 Å². The van der Waals surface area contributed by atoms with E-state index in [0.717, 1.165) is 25.7 Å². The molecule has 20 heavy (non-hydrogen) atoms. The fraction of sp³-hybridized carbons (Fsp3) is 0.500. The van der Waals surface area contributed by atoms with Gasteiger partial charge in [0.1, 0.15) is 11.3 Å². The van der Waals surface area contributed by atoms with Gasteiger partial charge in [0.25, 0.3) is 5.91 Å². The number of nitrogens with zero attached hydrogens (tertiary/aromatic N) is 1. The fourth-order valence-corrected chi connectivity index (χ4v) is 2.53. The summed E-state index contributed by atoms with van der Waals surface area (Å²) >= 11 is 0. The Morgan fingerprint density at radius 3 is 2.75 bits per heavy atom. The highest BCUT2D eigenvalue weighted by atomic mass is 16.6. The zero-order chi connectivity index (χ0) is 14.8. The fourth-order valence-electron chi connectivity index (χ4n) is 2.53. The molecule has 0 spiro atoms. The van der Waals surface area contributed by atoms with Crippen molar-refractivity contribution in [3.05, 3.63) is 33.9 Å². The van der Waals surface area contributed by atoms with Gasteiger partial charge in [-0.2, -0.15) is 0 Å². The van der Waals surface area contributed by atoms with Crippen LogP contribution in [0.3, 0.4) is 0 Å². The number of hydrogen-bond donors (Lipinski definition) is 2. The molecule has 0 bridgehead atoms. The summed E-state index contributed by atoms with van der Waals surface area (Å²) in [5.41, 5.74) is 5.52. The molecule has 0 unspecified atom stereocenters. The third-order valence-electron chi connectivity index (χ3n) is 3.86. The molecule has 108 valence electrons. The van der Waals surface area contributed by atoms with E-state index in [-0.39, 0.29) is 22.4 Å².